The van der Waals surface area contributed by atoms with Crippen molar-refractivity contribution >= 4 is 40.8 Å². The van der Waals surface area contributed by atoms with E-state index in [1.807, 2.05) is 43.3 Å². The van der Waals surface area contributed by atoms with Gasteiger partial charge in [0, 0.05) is 11.3 Å². The number of nitrogens with zero attached hydrogens (tertiary/aromatic N) is 6. The van der Waals surface area contributed by atoms with E-state index in [0.717, 1.165) is 35.9 Å². The predicted octanol–water partition coefficient (Wildman–Crippen LogP) is 6.91. The van der Waals surface area contributed by atoms with Crippen molar-refractivity contribution in [2.45, 2.75) is 82.5 Å². The van der Waals surface area contributed by atoms with Crippen LogP contribution in [0.5, 0.6) is 5.75 Å². The lowest BCUT2D eigenvalue weighted by molar-refractivity contribution is -0.118. The van der Waals surface area contributed by atoms with Gasteiger partial charge in [0.25, 0.3) is 11.8 Å². The number of aromatic nitrogens is 4. The lowest BCUT2D eigenvalue weighted by Crippen LogP contribution is -2.30. The average molecular weight is 670 g/mol. The van der Waals surface area contributed by atoms with Crippen molar-refractivity contribution < 1.29 is 19.1 Å². The Morgan fingerprint density at radius 3 is 2.27 bits per heavy atom. The summed E-state index contributed by atoms with van der Waals surface area (Å²) in [5.41, 5.74) is 4.13. The van der Waals surface area contributed by atoms with Gasteiger partial charge < -0.3 is 14.8 Å². The standard InChI is InChI=1S/C36H43N7O4S/c1-8-35(4,5)24-16-21-29(28(22-24)36(6,7)9-2)47-23-30(44)37-25-17-19-27(20-18-25)42-33(45)31(32(39-42)46-10-3)48-34-38-40-41-43(34)26-14-12-11-13-15-26/h11-22,31H,8-10,23H2,1-7H3,(H,37,44)/t31-/m1/s1. The molecule has 0 aliphatic carbocycles. The van der Waals surface area contributed by atoms with Gasteiger partial charge in [-0.05, 0) is 89.1 Å². The largest absolute Gasteiger partial charge is 0.483 e. The fourth-order valence-corrected chi connectivity index (χ4v) is 6.02. The predicted molar refractivity (Wildman–Crippen MR) is 189 cm³/mol. The second-order valence-corrected chi connectivity index (χ2v) is 13.9. The maximum absolute atomic E-state index is 13.6. The molecule has 2 amide bonds. The number of rotatable bonds is 13. The average Bonchev–Trinajstić information content (AvgIpc) is 3.69. The van der Waals surface area contributed by atoms with Crippen LogP contribution >= 0.6 is 11.8 Å². The minimum absolute atomic E-state index is 0.0384. The molecular formula is C36H43N7O4S. The van der Waals surface area contributed by atoms with Crippen LogP contribution in [0.15, 0.2) is 83.1 Å². The highest BCUT2D eigenvalue weighted by Crippen LogP contribution is 2.38. The van der Waals surface area contributed by atoms with E-state index in [2.05, 4.69) is 79.6 Å². The van der Waals surface area contributed by atoms with Crippen molar-refractivity contribution in [1.82, 2.24) is 20.2 Å². The Kier molecular flexibility index (Phi) is 10.5. The molecule has 5 rings (SSSR count). The molecule has 3 aromatic carbocycles. The number of hydrogen-bond acceptors (Lipinski definition) is 9. The first-order valence-electron chi connectivity index (χ1n) is 16.2. The summed E-state index contributed by atoms with van der Waals surface area (Å²) in [6.45, 7) is 15.3. The van der Waals surface area contributed by atoms with Gasteiger partial charge in [0.05, 0.1) is 18.0 Å². The molecule has 0 spiro atoms. The van der Waals surface area contributed by atoms with Crippen LogP contribution in [-0.2, 0) is 25.2 Å². The van der Waals surface area contributed by atoms with E-state index in [4.69, 9.17) is 9.47 Å². The fraction of sp³-hybridized carbons (Fsp3) is 0.389. The first kappa shape index (κ1) is 34.6. The minimum atomic E-state index is -0.778. The number of hydrogen-bond donors (Lipinski definition) is 1. The molecule has 0 unspecified atom stereocenters. The quantitative estimate of drug-likeness (QED) is 0.163. The van der Waals surface area contributed by atoms with Gasteiger partial charge in [-0.3, -0.25) is 9.59 Å². The molecule has 1 aliphatic rings. The summed E-state index contributed by atoms with van der Waals surface area (Å²) in [5, 5.41) is 20.3. The number of carbonyl (C=O) groups excluding carboxylic acids is 2. The molecule has 12 heteroatoms. The molecule has 252 valence electrons. The Labute approximate surface area is 286 Å². The van der Waals surface area contributed by atoms with Crippen molar-refractivity contribution in [3.8, 4) is 11.4 Å². The molecule has 0 radical (unpaired) electrons. The van der Waals surface area contributed by atoms with Gasteiger partial charge in [-0.1, -0.05) is 83.6 Å². The Morgan fingerprint density at radius 2 is 1.60 bits per heavy atom. The lowest BCUT2D eigenvalue weighted by atomic mass is 9.76. The number of carbonyl (C=O) groups is 2. The molecule has 0 saturated carbocycles. The smallest absolute Gasteiger partial charge is 0.270 e. The molecule has 2 heterocycles. The Bertz CT molecular complexity index is 1770. The van der Waals surface area contributed by atoms with Crippen LogP contribution in [0.2, 0.25) is 0 Å². The number of hydrazone groups is 1. The van der Waals surface area contributed by atoms with E-state index < -0.39 is 5.25 Å². The third-order valence-electron chi connectivity index (χ3n) is 8.83. The molecule has 0 fully saturated rings. The minimum Gasteiger partial charge on any atom is -0.483 e. The molecule has 1 N–H and O–H groups in total. The molecular weight excluding hydrogens is 627 g/mol. The van der Waals surface area contributed by atoms with Crippen molar-refractivity contribution in [1.29, 1.82) is 0 Å². The Hall–Kier alpha value is -4.71. The summed E-state index contributed by atoms with van der Waals surface area (Å²) in [6, 6.07) is 22.6. The van der Waals surface area contributed by atoms with E-state index >= 15 is 0 Å². The highest BCUT2D eigenvalue weighted by Gasteiger charge is 2.40. The molecule has 4 aromatic rings. The van der Waals surface area contributed by atoms with E-state index in [0.29, 0.717) is 28.9 Å². The summed E-state index contributed by atoms with van der Waals surface area (Å²) in [7, 11) is 0. The maximum Gasteiger partial charge on any atom is 0.270 e. The van der Waals surface area contributed by atoms with E-state index in [-0.39, 0.29) is 35.1 Å². The summed E-state index contributed by atoms with van der Waals surface area (Å²) < 4.78 is 13.4. The van der Waals surface area contributed by atoms with Crippen LogP contribution < -0.4 is 15.1 Å². The topological polar surface area (TPSA) is 124 Å². The zero-order valence-corrected chi connectivity index (χ0v) is 29.4. The van der Waals surface area contributed by atoms with Gasteiger partial charge in [-0.15, -0.1) is 10.2 Å². The first-order valence-corrected chi connectivity index (χ1v) is 17.1. The number of tetrazole rings is 1. The second-order valence-electron chi connectivity index (χ2n) is 12.8. The number of anilines is 2. The Morgan fingerprint density at radius 1 is 0.896 bits per heavy atom. The monoisotopic (exact) mass is 669 g/mol. The van der Waals surface area contributed by atoms with Crippen LogP contribution in [0.3, 0.4) is 0 Å². The molecule has 48 heavy (non-hydrogen) atoms. The molecule has 0 saturated heterocycles. The number of benzene rings is 3. The lowest BCUT2D eigenvalue weighted by Gasteiger charge is -2.30. The van der Waals surface area contributed by atoms with E-state index in [1.165, 1.54) is 10.6 Å². The zero-order valence-electron chi connectivity index (χ0n) is 28.6. The SMILES string of the molecule is CCOC1=NN(c2ccc(NC(=O)COc3ccc(C(C)(C)CC)cc3C(C)(C)CC)cc2)C(=O)[C@@H]1Sc1nnnn1-c1ccccc1. The number of ether oxygens (including phenoxy) is 2. The van der Waals surface area contributed by atoms with Crippen LogP contribution in [0.4, 0.5) is 11.4 Å². The number of nitrogens with one attached hydrogen (secondary N) is 1. The number of amides is 2. The molecule has 0 bridgehead atoms. The zero-order chi connectivity index (χ0) is 34.5. The number of thioether (sulfide) groups is 1. The van der Waals surface area contributed by atoms with Crippen molar-refractivity contribution in [2.75, 3.05) is 23.5 Å². The summed E-state index contributed by atoms with van der Waals surface area (Å²) in [6.07, 6.45) is 1.95. The van der Waals surface area contributed by atoms with Crippen molar-refractivity contribution in [2.24, 2.45) is 5.10 Å². The van der Waals surface area contributed by atoms with Gasteiger partial charge >= 0.3 is 0 Å². The van der Waals surface area contributed by atoms with Gasteiger partial charge in [-0.2, -0.15) is 9.69 Å². The van der Waals surface area contributed by atoms with Crippen molar-refractivity contribution in [3.63, 3.8) is 0 Å². The van der Waals surface area contributed by atoms with Crippen LogP contribution in [0.1, 0.15) is 72.4 Å². The first-order chi connectivity index (χ1) is 23.0. The third-order valence-corrected chi connectivity index (χ3v) is 9.93. The molecule has 1 atom stereocenters. The van der Waals surface area contributed by atoms with Gasteiger partial charge in [0.15, 0.2) is 11.9 Å². The van der Waals surface area contributed by atoms with Crippen LogP contribution in [-0.4, -0.2) is 56.4 Å². The van der Waals surface area contributed by atoms with E-state index in [9.17, 15) is 9.59 Å². The molecule has 11 nitrogen and oxygen atoms in total. The fourth-order valence-electron chi connectivity index (χ4n) is 5.07. The third kappa shape index (κ3) is 7.54. The second kappa shape index (κ2) is 14.6. The molecule has 1 aliphatic heterocycles. The van der Waals surface area contributed by atoms with E-state index in [1.54, 1.807) is 28.9 Å². The maximum atomic E-state index is 13.6. The van der Waals surface area contributed by atoms with Crippen LogP contribution in [0, 0.1) is 0 Å². The highest BCUT2D eigenvalue weighted by atomic mass is 32.2. The highest BCUT2D eigenvalue weighted by molar-refractivity contribution is 8.01. The normalized spacial score (nSPS) is 15.0. The summed E-state index contributed by atoms with van der Waals surface area (Å²) >= 11 is 1.16. The summed E-state index contributed by atoms with van der Waals surface area (Å²) in [5.74, 6) is 0.392. The van der Waals surface area contributed by atoms with Gasteiger partial charge in [0.2, 0.25) is 11.1 Å². The number of para-hydroxylation sites is 1. The van der Waals surface area contributed by atoms with Crippen molar-refractivity contribution in [3.05, 3.63) is 83.9 Å². The van der Waals surface area contributed by atoms with Crippen LogP contribution in [0.25, 0.3) is 5.69 Å². The van der Waals surface area contributed by atoms with Gasteiger partial charge in [0.1, 0.15) is 5.75 Å². The molecule has 1 aromatic heterocycles. The Balaban J connectivity index is 1.25. The summed E-state index contributed by atoms with van der Waals surface area (Å²) in [4.78, 5) is 26.6. The van der Waals surface area contributed by atoms with Gasteiger partial charge in [-0.25, -0.2) is 0 Å².